The van der Waals surface area contributed by atoms with Crippen LogP contribution in [0.3, 0.4) is 0 Å². The van der Waals surface area contributed by atoms with E-state index in [9.17, 15) is 17.2 Å². The van der Waals surface area contributed by atoms with Gasteiger partial charge in [-0.25, -0.2) is 8.42 Å². The van der Waals surface area contributed by atoms with Gasteiger partial charge in [-0.15, -0.1) is 0 Å². The Bertz CT molecular complexity index is 577. The third kappa shape index (κ3) is 3.52. The first-order valence-corrected chi connectivity index (χ1v) is 8.42. The average Bonchev–Trinajstić information content (AvgIpc) is 2.48. The number of para-hydroxylation sites is 1. The number of hydrogen-bond acceptors (Lipinski definition) is 4. The van der Waals surface area contributed by atoms with Gasteiger partial charge in [0, 0.05) is 7.11 Å². The second kappa shape index (κ2) is 6.70. The molecule has 1 aliphatic rings. The summed E-state index contributed by atoms with van der Waals surface area (Å²) in [6, 6.07) is 5.70. The summed E-state index contributed by atoms with van der Waals surface area (Å²) in [6.07, 6.45) is 3.70. The van der Waals surface area contributed by atoms with Gasteiger partial charge in [0.1, 0.15) is 0 Å². The van der Waals surface area contributed by atoms with E-state index >= 15 is 0 Å². The highest BCUT2D eigenvalue weighted by molar-refractivity contribution is 7.91. The van der Waals surface area contributed by atoms with E-state index in [0.717, 1.165) is 25.7 Å². The minimum atomic E-state index is -4.62. The van der Waals surface area contributed by atoms with E-state index in [4.69, 9.17) is 4.74 Å². The van der Waals surface area contributed by atoms with E-state index in [2.05, 4.69) is 5.32 Å². The van der Waals surface area contributed by atoms with Gasteiger partial charge >= 0.3 is 5.76 Å². The van der Waals surface area contributed by atoms with Crippen LogP contribution < -0.4 is 5.32 Å². The number of anilines is 1. The smallest absolute Gasteiger partial charge is 0.341 e. The summed E-state index contributed by atoms with van der Waals surface area (Å²) >= 11 is 0. The zero-order valence-corrected chi connectivity index (χ0v) is 12.6. The number of nitrogens with one attached hydrogen (secondary N) is 1. The van der Waals surface area contributed by atoms with Gasteiger partial charge in [0.25, 0.3) is 0 Å². The van der Waals surface area contributed by atoms with Crippen molar-refractivity contribution < 1.29 is 21.9 Å². The molecule has 0 aromatic heterocycles. The quantitative estimate of drug-likeness (QED) is 0.906. The number of hydrogen-bond donors (Lipinski definition) is 1. The molecule has 2 atom stereocenters. The lowest BCUT2D eigenvalue weighted by molar-refractivity contribution is 0.0605. The number of methoxy groups -OCH3 is 1. The molecule has 0 amide bonds. The fraction of sp³-hybridized carbons (Fsp3) is 0.571. The molecule has 0 spiro atoms. The Labute approximate surface area is 123 Å². The third-order valence-corrected chi connectivity index (χ3v) is 5.21. The number of rotatable bonds is 5. The zero-order chi connectivity index (χ0) is 15.5. The topological polar surface area (TPSA) is 55.4 Å². The fourth-order valence-corrected chi connectivity index (χ4v) is 3.57. The van der Waals surface area contributed by atoms with Crippen molar-refractivity contribution in [2.75, 3.05) is 12.4 Å². The van der Waals surface area contributed by atoms with Gasteiger partial charge < -0.3 is 10.1 Å². The molecule has 1 aromatic rings. The maximum Gasteiger partial charge on any atom is 0.341 e. The fourth-order valence-electron chi connectivity index (χ4n) is 2.67. The van der Waals surface area contributed by atoms with Crippen molar-refractivity contribution in [1.29, 1.82) is 0 Å². The van der Waals surface area contributed by atoms with Gasteiger partial charge in [0.15, 0.2) is 0 Å². The van der Waals surface area contributed by atoms with Crippen molar-refractivity contribution in [3.63, 3.8) is 0 Å². The first-order chi connectivity index (χ1) is 9.96. The molecule has 7 heteroatoms. The zero-order valence-electron chi connectivity index (χ0n) is 11.8. The van der Waals surface area contributed by atoms with Crippen molar-refractivity contribution in [2.24, 2.45) is 0 Å². The van der Waals surface area contributed by atoms with Gasteiger partial charge in [-0.3, -0.25) is 0 Å². The second-order valence-corrected chi connectivity index (χ2v) is 7.00. The number of sulfone groups is 1. The van der Waals surface area contributed by atoms with Crippen molar-refractivity contribution in [2.45, 2.75) is 48.5 Å². The van der Waals surface area contributed by atoms with Gasteiger partial charge in [0.2, 0.25) is 9.84 Å². The summed E-state index contributed by atoms with van der Waals surface area (Å²) in [7, 11) is -3.02. The maximum absolute atomic E-state index is 12.8. The number of ether oxygens (including phenoxy) is 1. The molecule has 0 heterocycles. The van der Waals surface area contributed by atoms with Crippen molar-refractivity contribution >= 4 is 15.5 Å². The van der Waals surface area contributed by atoms with Crippen LogP contribution in [0.2, 0.25) is 0 Å². The molecule has 1 fully saturated rings. The number of alkyl halides is 2. The summed E-state index contributed by atoms with van der Waals surface area (Å²) < 4.78 is 54.4. The van der Waals surface area contributed by atoms with E-state index in [-0.39, 0.29) is 22.7 Å². The Kier molecular flexibility index (Phi) is 5.16. The van der Waals surface area contributed by atoms with Gasteiger partial charge in [-0.1, -0.05) is 25.0 Å². The molecule has 1 saturated carbocycles. The number of halogens is 2. The van der Waals surface area contributed by atoms with Crippen LogP contribution in [0.1, 0.15) is 25.7 Å². The predicted octanol–water partition coefficient (Wildman–Crippen LogP) is 3.05. The third-order valence-electron chi connectivity index (χ3n) is 3.77. The summed E-state index contributed by atoms with van der Waals surface area (Å²) in [5.74, 6) is -3.43. The molecule has 0 radical (unpaired) electrons. The lowest BCUT2D eigenvalue weighted by atomic mass is 9.92. The van der Waals surface area contributed by atoms with Crippen LogP contribution in [0.5, 0.6) is 0 Å². The summed E-state index contributed by atoms with van der Waals surface area (Å²) in [6.45, 7) is 0. The molecular formula is C14H19F2NO3S. The second-order valence-electron chi connectivity index (χ2n) is 5.11. The molecular weight excluding hydrogens is 300 g/mol. The van der Waals surface area contributed by atoms with Crippen molar-refractivity contribution in [3.05, 3.63) is 24.3 Å². The molecule has 2 rings (SSSR count). The van der Waals surface area contributed by atoms with Crippen LogP contribution in [-0.4, -0.2) is 33.4 Å². The number of benzene rings is 1. The van der Waals surface area contributed by atoms with E-state index in [1.165, 1.54) is 18.2 Å². The maximum atomic E-state index is 12.8. The van der Waals surface area contributed by atoms with Crippen molar-refractivity contribution in [1.82, 2.24) is 0 Å². The Balaban J connectivity index is 2.28. The average molecular weight is 319 g/mol. The Hall–Kier alpha value is -1.21. The largest absolute Gasteiger partial charge is 0.379 e. The summed E-state index contributed by atoms with van der Waals surface area (Å²) in [4.78, 5) is -0.361. The molecule has 0 saturated heterocycles. The summed E-state index contributed by atoms with van der Waals surface area (Å²) in [5, 5.41) is 3.07. The highest BCUT2D eigenvalue weighted by atomic mass is 32.2. The molecule has 0 aliphatic heterocycles. The molecule has 1 N–H and O–H groups in total. The highest BCUT2D eigenvalue weighted by Gasteiger charge is 2.31. The predicted molar refractivity (Wildman–Crippen MR) is 76.3 cm³/mol. The van der Waals surface area contributed by atoms with Crippen LogP contribution in [-0.2, 0) is 14.6 Å². The first kappa shape index (κ1) is 16.2. The van der Waals surface area contributed by atoms with Crippen molar-refractivity contribution in [3.8, 4) is 0 Å². The minimum absolute atomic E-state index is 0.0407. The van der Waals surface area contributed by atoms with Crippen LogP contribution in [0.25, 0.3) is 0 Å². The Morgan fingerprint density at radius 1 is 1.24 bits per heavy atom. The van der Waals surface area contributed by atoms with Crippen LogP contribution in [0, 0.1) is 0 Å². The first-order valence-electron chi connectivity index (χ1n) is 6.87. The molecule has 21 heavy (non-hydrogen) atoms. The van der Waals surface area contributed by atoms with Crippen LogP contribution >= 0.6 is 0 Å². The summed E-state index contributed by atoms with van der Waals surface area (Å²) in [5.41, 5.74) is 0.215. The van der Waals surface area contributed by atoms with E-state index in [1.54, 1.807) is 13.2 Å². The standard InChI is InChI=1S/C14H19F2NO3S/c1-20-12-8-4-2-6-10(12)17-11-7-3-5-9-13(11)21(18,19)14(15)16/h3,5,7,9-10,12,14,17H,2,4,6,8H2,1H3. The van der Waals surface area contributed by atoms with E-state index in [1.807, 2.05) is 0 Å². The van der Waals surface area contributed by atoms with Crippen LogP contribution in [0.4, 0.5) is 14.5 Å². The van der Waals surface area contributed by atoms with E-state index in [0.29, 0.717) is 0 Å². The molecule has 4 nitrogen and oxygen atoms in total. The highest BCUT2D eigenvalue weighted by Crippen LogP contribution is 2.30. The molecule has 118 valence electrons. The Morgan fingerprint density at radius 2 is 1.90 bits per heavy atom. The molecule has 1 aromatic carbocycles. The van der Waals surface area contributed by atoms with Gasteiger partial charge in [-0.05, 0) is 25.0 Å². The molecule has 2 unspecified atom stereocenters. The molecule has 1 aliphatic carbocycles. The SMILES string of the molecule is COC1CCCCC1Nc1ccccc1S(=O)(=O)C(F)F. The normalized spacial score (nSPS) is 23.2. The lowest BCUT2D eigenvalue weighted by Crippen LogP contribution is -2.38. The van der Waals surface area contributed by atoms with E-state index < -0.39 is 15.6 Å². The van der Waals surface area contributed by atoms with Gasteiger partial charge in [-0.2, -0.15) is 8.78 Å². The molecule has 0 bridgehead atoms. The van der Waals surface area contributed by atoms with Crippen LogP contribution in [0.15, 0.2) is 29.2 Å². The Morgan fingerprint density at radius 3 is 2.57 bits per heavy atom. The monoisotopic (exact) mass is 319 g/mol. The lowest BCUT2D eigenvalue weighted by Gasteiger charge is -2.32. The van der Waals surface area contributed by atoms with Gasteiger partial charge in [0.05, 0.1) is 22.7 Å². The minimum Gasteiger partial charge on any atom is -0.379 e.